The third-order valence-corrected chi connectivity index (χ3v) is 27.9. The molecule has 0 spiro atoms. The van der Waals surface area contributed by atoms with Crippen LogP contribution < -0.4 is 24.5 Å². The molecule has 5 saturated heterocycles. The van der Waals surface area contributed by atoms with Crippen LogP contribution >= 0.6 is 23.2 Å². The first-order chi connectivity index (χ1) is 71.9. The first-order valence-corrected chi connectivity index (χ1v) is 51.0. The molecule has 0 aliphatic carbocycles. The molecule has 0 saturated carbocycles. The number of alkyl halides is 6. The molecule has 18 rings (SSSR count). The molecule has 5 fully saturated rings. The van der Waals surface area contributed by atoms with E-state index in [0.29, 0.717) is 71.6 Å². The second kappa shape index (κ2) is 53.4. The number of nitriles is 3. The van der Waals surface area contributed by atoms with Crippen molar-refractivity contribution in [2.45, 2.75) is 174 Å². The molecule has 5 atom stereocenters. The SMILES string of the molecule is Cc1ccnc(N2CCC[C@@H](C(=O)CCCc3ccc(C#N)cc3)C2)n1.Cc1nc(N2CCN(C)CC2)cc(N2CCC[C@@H](C(=O)CCCc3ccc(C#N)cc3)C2)n1.Cc1nccc(N2CCC[C@@H](C(=O)CCCc3ccc(C#N)cc3)C2)n1.Fc1cccc(F)c1-c1ccncc1CN1C(c2ccco2)=NO[C@@H]1c1cc(C(F)(F)F)cc(C(F)(F)F)c1Cl.O=C(CCCc1ccc(Cl)cc1)[C@H]1CCCN(c2ncccn2)C1. The van der Waals surface area contributed by atoms with Crippen LogP contribution in [0.4, 0.5) is 64.5 Å². The number of oxime groups is 1. The van der Waals surface area contributed by atoms with E-state index in [1.165, 1.54) is 59.1 Å². The number of Topliss-reactive ketones (excluding diaryl/α,β-unsaturated/α-hetero) is 4. The largest absolute Gasteiger partial charge is 0.461 e. The molecule has 6 aliphatic rings. The Labute approximate surface area is 872 Å². The zero-order valence-corrected chi connectivity index (χ0v) is 85.1. The monoisotopic (exact) mass is 2070 g/mol. The Bertz CT molecular complexity index is 6490. The number of pyridine rings is 1. The van der Waals surface area contributed by atoms with Crippen LogP contribution in [-0.4, -0.2) is 169 Å². The van der Waals surface area contributed by atoms with E-state index >= 15 is 0 Å². The van der Waals surface area contributed by atoms with Crippen molar-refractivity contribution in [2.75, 3.05) is 110 Å². The Hall–Kier alpha value is -14.5. The minimum Gasteiger partial charge on any atom is -0.461 e. The number of nitrogens with zero attached hydrogens (tertiary/aromatic N) is 20. The maximum absolute atomic E-state index is 14.7. The summed E-state index contributed by atoms with van der Waals surface area (Å²) in [5, 5.41) is 30.1. The quantitative estimate of drug-likeness (QED) is 0.0378. The zero-order chi connectivity index (χ0) is 106. The van der Waals surface area contributed by atoms with Crippen LogP contribution in [0.5, 0.6) is 0 Å². The van der Waals surface area contributed by atoms with Crippen LogP contribution in [0.3, 0.4) is 0 Å². The van der Waals surface area contributed by atoms with Gasteiger partial charge in [0.25, 0.3) is 0 Å². The third kappa shape index (κ3) is 31.5. The summed E-state index contributed by atoms with van der Waals surface area (Å²) >= 11 is 11.9. The number of carbonyl (C=O) groups is 4. The Morgan fingerprint density at radius 2 is 0.913 bits per heavy atom. The van der Waals surface area contributed by atoms with E-state index in [9.17, 15) is 54.3 Å². The Balaban J connectivity index is 0.000000149. The highest BCUT2D eigenvalue weighted by Crippen LogP contribution is 2.47. The second-order valence-electron chi connectivity index (χ2n) is 37.9. The van der Waals surface area contributed by atoms with Gasteiger partial charge in [-0.3, -0.25) is 24.2 Å². The molecule has 26 nitrogen and oxygen atoms in total. The van der Waals surface area contributed by atoms with E-state index in [-0.39, 0.29) is 52.5 Å². The normalized spacial score (nSPS) is 17.3. The van der Waals surface area contributed by atoms with E-state index in [4.69, 9.17) is 58.2 Å². The van der Waals surface area contributed by atoms with Crippen LogP contribution in [0.15, 0.2) is 223 Å². The average Bonchev–Trinajstić information content (AvgIpc) is 1.63. The lowest BCUT2D eigenvalue weighted by molar-refractivity contribution is -0.143. The number of furan rings is 1. The number of anilines is 5. The van der Waals surface area contributed by atoms with Crippen LogP contribution in [0.1, 0.15) is 193 Å². The lowest BCUT2D eigenvalue weighted by Gasteiger charge is -2.35. The summed E-state index contributed by atoms with van der Waals surface area (Å²) in [6.07, 6.45) is 16.0. The van der Waals surface area contributed by atoms with Crippen molar-refractivity contribution in [1.82, 2.24) is 54.7 Å². The number of aromatic nitrogens is 9. The van der Waals surface area contributed by atoms with E-state index in [1.54, 1.807) is 24.8 Å². The van der Waals surface area contributed by atoms with Crippen molar-refractivity contribution < 1.29 is 63.6 Å². The van der Waals surface area contributed by atoms with Gasteiger partial charge >= 0.3 is 12.4 Å². The highest BCUT2D eigenvalue weighted by Gasteiger charge is 2.45. The Morgan fingerprint density at radius 1 is 0.456 bits per heavy atom. The van der Waals surface area contributed by atoms with Crippen LogP contribution in [0.2, 0.25) is 10.0 Å². The Morgan fingerprint density at radius 3 is 1.38 bits per heavy atom. The molecule has 776 valence electrons. The highest BCUT2D eigenvalue weighted by molar-refractivity contribution is 6.32. The van der Waals surface area contributed by atoms with Gasteiger partial charge < -0.3 is 43.6 Å². The molecule has 6 aromatic heterocycles. The molecule has 0 amide bonds. The van der Waals surface area contributed by atoms with Gasteiger partial charge in [-0.2, -0.15) is 42.1 Å². The fourth-order valence-corrected chi connectivity index (χ4v) is 19.5. The lowest BCUT2D eigenvalue weighted by Crippen LogP contribution is -2.45. The van der Waals surface area contributed by atoms with E-state index in [0.717, 1.165) is 256 Å². The Kier molecular flexibility index (Phi) is 39.5. The molecule has 0 unspecified atom stereocenters. The molecular formula is C113H118Cl2F8N20O6. The molecular weight excluding hydrogens is 1960 g/mol. The summed E-state index contributed by atoms with van der Waals surface area (Å²) in [6, 6.07) is 52.6. The van der Waals surface area contributed by atoms with Crippen molar-refractivity contribution in [2.24, 2.45) is 28.8 Å². The van der Waals surface area contributed by atoms with E-state index in [2.05, 4.69) is 101 Å². The number of carbonyl (C=O) groups excluding carboxylic acids is 4. The van der Waals surface area contributed by atoms with Gasteiger partial charge in [-0.25, -0.2) is 48.7 Å². The molecule has 6 aromatic carbocycles. The number of rotatable bonds is 30. The van der Waals surface area contributed by atoms with Gasteiger partial charge in [0.2, 0.25) is 24.0 Å². The molecule has 0 N–H and O–H groups in total. The fourth-order valence-electron chi connectivity index (χ4n) is 19.1. The number of amidine groups is 1. The van der Waals surface area contributed by atoms with E-state index in [1.807, 2.05) is 136 Å². The van der Waals surface area contributed by atoms with Crippen molar-refractivity contribution in [3.8, 4) is 29.3 Å². The summed E-state index contributed by atoms with van der Waals surface area (Å²) in [5.74, 6) is 5.78. The van der Waals surface area contributed by atoms with Crippen molar-refractivity contribution >= 4 is 81.5 Å². The van der Waals surface area contributed by atoms with Gasteiger partial charge in [0.1, 0.15) is 63.9 Å². The molecule has 12 heterocycles. The highest BCUT2D eigenvalue weighted by atomic mass is 35.5. The molecule has 36 heteroatoms. The zero-order valence-electron chi connectivity index (χ0n) is 83.6. The predicted molar refractivity (Wildman–Crippen MR) is 554 cm³/mol. The average molecular weight is 2080 g/mol. The topological polar surface area (TPSA) is 313 Å². The third-order valence-electron chi connectivity index (χ3n) is 27.2. The first-order valence-electron chi connectivity index (χ1n) is 50.3. The number of hydrogen-bond donors (Lipinski definition) is 0. The lowest BCUT2D eigenvalue weighted by atomic mass is 9.90. The number of halogens is 10. The van der Waals surface area contributed by atoms with Gasteiger partial charge in [0.15, 0.2) is 5.76 Å². The van der Waals surface area contributed by atoms with Crippen LogP contribution in [-0.2, 0) is 68.6 Å². The van der Waals surface area contributed by atoms with Crippen LogP contribution in [0.25, 0.3) is 11.1 Å². The van der Waals surface area contributed by atoms with Gasteiger partial charge in [-0.1, -0.05) is 83.0 Å². The van der Waals surface area contributed by atoms with Crippen LogP contribution in [0, 0.1) is 90.1 Å². The molecule has 0 bridgehead atoms. The maximum atomic E-state index is 14.7. The minimum atomic E-state index is -5.24. The van der Waals surface area contributed by atoms with Gasteiger partial charge in [-0.15, -0.1) is 0 Å². The summed E-state index contributed by atoms with van der Waals surface area (Å²) in [6.45, 7) is 16.1. The minimum absolute atomic E-state index is 0.0289. The number of hydrogen-bond acceptors (Lipinski definition) is 26. The summed E-state index contributed by atoms with van der Waals surface area (Å²) in [7, 11) is 2.16. The predicted octanol–water partition coefficient (Wildman–Crippen LogP) is 22.3. The summed E-state index contributed by atoms with van der Waals surface area (Å²) < 4.78 is 117. The smallest absolute Gasteiger partial charge is 0.417 e. The number of benzene rings is 6. The number of ketones is 4. The first kappa shape index (κ1) is 110. The maximum Gasteiger partial charge on any atom is 0.417 e. The molecule has 6 aliphatic heterocycles. The van der Waals surface area contributed by atoms with Gasteiger partial charge in [0, 0.05) is 187 Å². The van der Waals surface area contributed by atoms with Crippen molar-refractivity contribution in [3.05, 3.63) is 319 Å². The number of piperidine rings is 4. The summed E-state index contributed by atoms with van der Waals surface area (Å²) in [4.78, 5) is 110. The number of likely N-dealkylation sites (N-methyl/N-ethyl adjacent to an activating group) is 1. The molecule has 149 heavy (non-hydrogen) atoms. The number of aryl methyl sites for hydroxylation is 7. The van der Waals surface area contributed by atoms with E-state index < -0.39 is 64.0 Å². The van der Waals surface area contributed by atoms with Gasteiger partial charge in [-0.05, 0) is 273 Å². The van der Waals surface area contributed by atoms with Crippen molar-refractivity contribution in [3.63, 3.8) is 0 Å². The summed E-state index contributed by atoms with van der Waals surface area (Å²) in [5.41, 5.74) is 3.44. The second-order valence-corrected chi connectivity index (χ2v) is 38.7. The molecule has 0 radical (unpaired) electrons. The fraction of sp³-hybridized carbons (Fsp3) is 0.389. The molecule has 12 aromatic rings. The standard InChI is InChI=1S/C26H14ClF8N3O2.C26H34N6O.2C21H24N4O.C19H22ClN3O/c27-22-16(9-14(25(30,31)32)10-17(22)26(33,34)35)24-38(23(37-40-24)20-5-2-8-39-20)12-13-11-36-7-6-15(13)21-18(28)3-1-4-19(21)29;1-20-28-25(31-15-13-30(2)14-16-31)17-26(29-20)32-12-4-6-23(19-32)24(33)7-3-5-21-8-10-22(18-27)11-9-21;1-16-23-12-11-21(24-16)25-13-3-5-19(15-25)20(26)6-2-4-17-7-9-18(14-22)10-8-17;1-16-11-12-23-21(24-16)25-13-3-5-19(15-25)20(26)6-2-4-17-7-9-18(14-22)10-8-17;20-17-9-7-15(8-10-17)4-1-6-18(24)16-5-2-13-23(14-16)19-21-11-3-12-22-19/h1-11,24H,12H2;8-11,17,23H,3-7,12-16,19H2,1-2H3;2*7-12,19H,2-6,13,15H2,1H3;3,7-12,16H,1-2,4-6,13-14H2/t24-;23-;2*19-;16-/m11110/s1. The number of piperazine rings is 1. The van der Waals surface area contributed by atoms with Crippen molar-refractivity contribution in [1.29, 1.82) is 15.8 Å². The van der Waals surface area contributed by atoms with Gasteiger partial charge in [0.05, 0.1) is 69.4 Å².